The fourth-order valence-corrected chi connectivity index (χ4v) is 1.74. The second-order valence-electron chi connectivity index (χ2n) is 4.66. The highest BCUT2D eigenvalue weighted by molar-refractivity contribution is 5.79. The minimum atomic E-state index is 0.746. The molecule has 1 aromatic rings. The van der Waals surface area contributed by atoms with E-state index in [9.17, 15) is 0 Å². The molecule has 0 atom stereocenters. The largest absolute Gasteiger partial charge is 0.494 e. The Morgan fingerprint density at radius 2 is 1.70 bits per heavy atom. The maximum atomic E-state index is 5.68. The van der Waals surface area contributed by atoms with Crippen LogP contribution >= 0.6 is 0 Å². The van der Waals surface area contributed by atoms with Gasteiger partial charge in [-0.15, -0.1) is 0 Å². The molecule has 0 heterocycles. The maximum Gasteiger partial charge on any atom is 0.191 e. The highest BCUT2D eigenvalue weighted by Crippen LogP contribution is 2.11. The van der Waals surface area contributed by atoms with E-state index in [4.69, 9.17) is 4.74 Å². The van der Waals surface area contributed by atoms with Crippen LogP contribution in [-0.4, -0.2) is 32.2 Å². The molecule has 112 valence electrons. The summed E-state index contributed by atoms with van der Waals surface area (Å²) in [5.41, 5.74) is 1.26. The molecule has 0 saturated heterocycles. The van der Waals surface area contributed by atoms with Crippen LogP contribution in [0.3, 0.4) is 0 Å². The molecule has 0 fully saturated rings. The number of rotatable bonds is 8. The molecule has 0 amide bonds. The van der Waals surface area contributed by atoms with Gasteiger partial charge in [0.25, 0.3) is 0 Å². The van der Waals surface area contributed by atoms with Gasteiger partial charge >= 0.3 is 0 Å². The SMILES string of the molecule is CCNC(=NCCCCOc1ccc(C)cc1)NCC. The lowest BCUT2D eigenvalue weighted by Gasteiger charge is -2.09. The van der Waals surface area contributed by atoms with Gasteiger partial charge in [0, 0.05) is 19.6 Å². The predicted molar refractivity (Wildman–Crippen MR) is 85.6 cm³/mol. The number of unbranched alkanes of at least 4 members (excludes halogenated alkanes) is 1. The summed E-state index contributed by atoms with van der Waals surface area (Å²) in [5.74, 6) is 1.84. The zero-order chi connectivity index (χ0) is 14.6. The minimum Gasteiger partial charge on any atom is -0.494 e. The Morgan fingerprint density at radius 1 is 1.05 bits per heavy atom. The molecule has 1 aromatic carbocycles. The van der Waals surface area contributed by atoms with Crippen LogP contribution in [0.2, 0.25) is 0 Å². The third-order valence-corrected chi connectivity index (χ3v) is 2.80. The number of benzene rings is 1. The zero-order valence-corrected chi connectivity index (χ0v) is 12.9. The molecule has 0 aliphatic rings. The maximum absolute atomic E-state index is 5.68. The van der Waals surface area contributed by atoms with Crippen molar-refractivity contribution in [1.82, 2.24) is 10.6 Å². The van der Waals surface area contributed by atoms with Crippen LogP contribution in [-0.2, 0) is 0 Å². The average molecular weight is 277 g/mol. The first kappa shape index (κ1) is 16.3. The summed E-state index contributed by atoms with van der Waals surface area (Å²) < 4.78 is 5.68. The highest BCUT2D eigenvalue weighted by Gasteiger charge is 1.95. The summed E-state index contributed by atoms with van der Waals surface area (Å²) >= 11 is 0. The zero-order valence-electron chi connectivity index (χ0n) is 12.9. The molecule has 0 saturated carbocycles. The van der Waals surface area contributed by atoms with E-state index in [2.05, 4.69) is 48.5 Å². The predicted octanol–water partition coefficient (Wildman–Crippen LogP) is 2.73. The second kappa shape index (κ2) is 10.1. The molecule has 0 bridgehead atoms. The molecular formula is C16H27N3O. The summed E-state index contributed by atoms with van der Waals surface area (Å²) in [4.78, 5) is 4.50. The molecule has 2 N–H and O–H groups in total. The lowest BCUT2D eigenvalue weighted by molar-refractivity contribution is 0.308. The van der Waals surface area contributed by atoms with Crippen molar-refractivity contribution >= 4 is 5.96 Å². The van der Waals surface area contributed by atoms with Crippen molar-refractivity contribution in [3.63, 3.8) is 0 Å². The van der Waals surface area contributed by atoms with Gasteiger partial charge in [-0.3, -0.25) is 4.99 Å². The van der Waals surface area contributed by atoms with Crippen molar-refractivity contribution in [2.45, 2.75) is 33.6 Å². The van der Waals surface area contributed by atoms with E-state index in [1.165, 1.54) is 5.56 Å². The van der Waals surface area contributed by atoms with E-state index in [-0.39, 0.29) is 0 Å². The van der Waals surface area contributed by atoms with Crippen molar-refractivity contribution in [2.75, 3.05) is 26.2 Å². The Hall–Kier alpha value is -1.71. The minimum absolute atomic E-state index is 0.746. The molecule has 0 aliphatic heterocycles. The Morgan fingerprint density at radius 3 is 2.30 bits per heavy atom. The average Bonchev–Trinajstić information content (AvgIpc) is 2.45. The molecule has 0 aliphatic carbocycles. The standard InChI is InChI=1S/C16H27N3O/c1-4-17-16(18-5-2)19-12-6-7-13-20-15-10-8-14(3)9-11-15/h8-11H,4-7,12-13H2,1-3H3,(H2,17,18,19). The van der Waals surface area contributed by atoms with Crippen molar-refractivity contribution in [3.05, 3.63) is 29.8 Å². The first-order valence-electron chi connectivity index (χ1n) is 7.48. The number of aryl methyl sites for hydroxylation is 1. The second-order valence-corrected chi connectivity index (χ2v) is 4.66. The van der Waals surface area contributed by atoms with Crippen LogP contribution in [0.25, 0.3) is 0 Å². The quantitative estimate of drug-likeness (QED) is 0.436. The Labute approximate surface area is 122 Å². The van der Waals surface area contributed by atoms with E-state index in [0.717, 1.165) is 50.8 Å². The number of aliphatic imine (C=N–C) groups is 1. The summed E-state index contributed by atoms with van der Waals surface area (Å²) in [5, 5.41) is 6.43. The lowest BCUT2D eigenvalue weighted by Crippen LogP contribution is -2.37. The number of hydrogen-bond donors (Lipinski definition) is 2. The molecule has 4 nitrogen and oxygen atoms in total. The summed E-state index contributed by atoms with van der Waals surface area (Å²) in [7, 11) is 0. The molecule has 4 heteroatoms. The van der Waals surface area contributed by atoms with Crippen LogP contribution in [0.15, 0.2) is 29.3 Å². The monoisotopic (exact) mass is 277 g/mol. The van der Waals surface area contributed by atoms with Crippen molar-refractivity contribution in [1.29, 1.82) is 0 Å². The third-order valence-electron chi connectivity index (χ3n) is 2.80. The summed E-state index contributed by atoms with van der Waals surface area (Å²) in [6.07, 6.45) is 2.05. The number of hydrogen-bond acceptors (Lipinski definition) is 2. The smallest absolute Gasteiger partial charge is 0.191 e. The van der Waals surface area contributed by atoms with Crippen LogP contribution in [0.1, 0.15) is 32.3 Å². The number of nitrogens with zero attached hydrogens (tertiary/aromatic N) is 1. The van der Waals surface area contributed by atoms with Gasteiger partial charge < -0.3 is 15.4 Å². The lowest BCUT2D eigenvalue weighted by atomic mass is 10.2. The first-order chi connectivity index (χ1) is 9.76. The molecule has 0 spiro atoms. The van der Waals surface area contributed by atoms with Crippen LogP contribution in [0.5, 0.6) is 5.75 Å². The van der Waals surface area contributed by atoms with E-state index in [1.807, 2.05) is 12.1 Å². The third kappa shape index (κ3) is 7.02. The van der Waals surface area contributed by atoms with Crippen molar-refractivity contribution in [2.24, 2.45) is 4.99 Å². The molecule has 20 heavy (non-hydrogen) atoms. The topological polar surface area (TPSA) is 45.7 Å². The van der Waals surface area contributed by atoms with E-state index in [0.29, 0.717) is 0 Å². The summed E-state index contributed by atoms with van der Waals surface area (Å²) in [6, 6.07) is 8.17. The Balaban J connectivity index is 2.14. The van der Waals surface area contributed by atoms with E-state index >= 15 is 0 Å². The van der Waals surface area contributed by atoms with Crippen molar-refractivity contribution < 1.29 is 4.74 Å². The van der Waals surface area contributed by atoms with Crippen LogP contribution < -0.4 is 15.4 Å². The van der Waals surface area contributed by atoms with Gasteiger partial charge in [0.15, 0.2) is 5.96 Å². The van der Waals surface area contributed by atoms with Gasteiger partial charge in [-0.05, 0) is 45.7 Å². The van der Waals surface area contributed by atoms with Crippen LogP contribution in [0, 0.1) is 6.92 Å². The molecular weight excluding hydrogens is 250 g/mol. The fraction of sp³-hybridized carbons (Fsp3) is 0.562. The molecule has 1 rings (SSSR count). The number of nitrogens with one attached hydrogen (secondary N) is 2. The van der Waals surface area contributed by atoms with Crippen molar-refractivity contribution in [3.8, 4) is 5.75 Å². The first-order valence-corrected chi connectivity index (χ1v) is 7.48. The van der Waals surface area contributed by atoms with E-state index in [1.54, 1.807) is 0 Å². The van der Waals surface area contributed by atoms with Gasteiger partial charge in [-0.2, -0.15) is 0 Å². The van der Waals surface area contributed by atoms with Gasteiger partial charge in [0.05, 0.1) is 6.61 Å². The normalized spacial score (nSPS) is 9.95. The van der Waals surface area contributed by atoms with Crippen LogP contribution in [0.4, 0.5) is 0 Å². The molecule has 0 unspecified atom stereocenters. The van der Waals surface area contributed by atoms with Gasteiger partial charge in [-0.1, -0.05) is 17.7 Å². The fourth-order valence-electron chi connectivity index (χ4n) is 1.74. The summed E-state index contributed by atoms with van der Waals surface area (Å²) in [6.45, 7) is 9.58. The highest BCUT2D eigenvalue weighted by atomic mass is 16.5. The van der Waals surface area contributed by atoms with E-state index < -0.39 is 0 Å². The van der Waals surface area contributed by atoms with Gasteiger partial charge in [-0.25, -0.2) is 0 Å². The number of ether oxygens (including phenoxy) is 1. The Bertz CT molecular complexity index is 379. The molecule has 0 aromatic heterocycles. The Kier molecular flexibility index (Phi) is 8.27. The van der Waals surface area contributed by atoms with Gasteiger partial charge in [0.1, 0.15) is 5.75 Å². The number of guanidine groups is 1. The van der Waals surface area contributed by atoms with Gasteiger partial charge in [0.2, 0.25) is 0 Å². The molecule has 0 radical (unpaired) electrons.